The fourth-order valence-corrected chi connectivity index (χ4v) is 5.36. The average molecular weight is 430 g/mol. The normalized spacial score (nSPS) is 13.3. The van der Waals surface area contributed by atoms with Crippen LogP contribution in [0.4, 0.5) is 5.00 Å². The summed E-state index contributed by atoms with van der Waals surface area (Å²) < 4.78 is 1.83. The first-order chi connectivity index (χ1) is 14.0. The van der Waals surface area contributed by atoms with E-state index < -0.39 is 0 Å². The zero-order chi connectivity index (χ0) is 20.5. The standard InChI is InChI=1S/C22H24ClN3O2S/c1-3-10-24-21(28)19-15-6-4-5-7-18(15)29-22(19)25-20(27)17-11-13-8-9-14(23)12-16(13)26(17)2/h8-9,11-12H,3-7,10H2,1-2H3,(H,24,28)(H,25,27). The fourth-order valence-electron chi connectivity index (χ4n) is 3.91. The van der Waals surface area contributed by atoms with Gasteiger partial charge in [0.25, 0.3) is 11.8 Å². The topological polar surface area (TPSA) is 63.1 Å². The minimum Gasteiger partial charge on any atom is -0.352 e. The summed E-state index contributed by atoms with van der Waals surface area (Å²) in [5.74, 6) is -0.312. The van der Waals surface area contributed by atoms with Gasteiger partial charge in [0.15, 0.2) is 0 Å². The van der Waals surface area contributed by atoms with Crippen LogP contribution in [0.5, 0.6) is 0 Å². The summed E-state index contributed by atoms with van der Waals surface area (Å²) in [5.41, 5.74) is 3.19. The lowest BCUT2D eigenvalue weighted by atomic mass is 9.95. The van der Waals surface area contributed by atoms with Crippen molar-refractivity contribution in [2.24, 2.45) is 7.05 Å². The van der Waals surface area contributed by atoms with Gasteiger partial charge < -0.3 is 15.2 Å². The summed E-state index contributed by atoms with van der Waals surface area (Å²) in [6.07, 6.45) is 4.94. The molecule has 2 N–H and O–H groups in total. The van der Waals surface area contributed by atoms with Crippen LogP contribution in [0.2, 0.25) is 5.02 Å². The molecule has 2 aromatic heterocycles. The van der Waals surface area contributed by atoms with E-state index >= 15 is 0 Å². The first kappa shape index (κ1) is 20.0. The van der Waals surface area contributed by atoms with Gasteiger partial charge in [0.2, 0.25) is 0 Å². The Bertz CT molecular complexity index is 1100. The highest BCUT2D eigenvalue weighted by Gasteiger charge is 2.27. The molecule has 1 aromatic carbocycles. The third-order valence-corrected chi connectivity index (χ3v) is 6.84. The summed E-state index contributed by atoms with van der Waals surface area (Å²) in [4.78, 5) is 27.2. The maximum absolute atomic E-state index is 13.1. The second kappa shape index (κ2) is 8.20. The molecular weight excluding hydrogens is 406 g/mol. The number of anilines is 1. The van der Waals surface area contributed by atoms with E-state index in [2.05, 4.69) is 10.6 Å². The van der Waals surface area contributed by atoms with Crippen LogP contribution >= 0.6 is 22.9 Å². The molecule has 5 nitrogen and oxygen atoms in total. The predicted molar refractivity (Wildman–Crippen MR) is 119 cm³/mol. The Balaban J connectivity index is 1.69. The first-order valence-electron chi connectivity index (χ1n) is 9.98. The van der Waals surface area contributed by atoms with Crippen molar-refractivity contribution < 1.29 is 9.59 Å². The molecule has 1 aliphatic rings. The predicted octanol–water partition coefficient (Wildman–Crippen LogP) is 5.16. The third-order valence-electron chi connectivity index (χ3n) is 5.40. The summed E-state index contributed by atoms with van der Waals surface area (Å²) in [7, 11) is 1.85. The number of carbonyl (C=O) groups excluding carboxylic acids is 2. The number of benzene rings is 1. The van der Waals surface area contributed by atoms with E-state index in [1.54, 1.807) is 0 Å². The van der Waals surface area contributed by atoms with Crippen LogP contribution in [0.15, 0.2) is 24.3 Å². The molecule has 3 aromatic rings. The monoisotopic (exact) mass is 429 g/mol. The van der Waals surface area contributed by atoms with E-state index in [0.717, 1.165) is 48.6 Å². The molecule has 0 bridgehead atoms. The Morgan fingerprint density at radius 3 is 2.76 bits per heavy atom. The van der Waals surface area contributed by atoms with Gasteiger partial charge in [-0.05, 0) is 55.9 Å². The number of nitrogens with zero attached hydrogens (tertiary/aromatic N) is 1. The number of hydrogen-bond donors (Lipinski definition) is 2. The fraction of sp³-hybridized carbons (Fsp3) is 0.364. The first-order valence-corrected chi connectivity index (χ1v) is 11.2. The zero-order valence-electron chi connectivity index (χ0n) is 16.6. The van der Waals surface area contributed by atoms with Crippen molar-refractivity contribution in [2.45, 2.75) is 39.0 Å². The molecule has 152 valence electrons. The van der Waals surface area contributed by atoms with Gasteiger partial charge in [0.1, 0.15) is 10.7 Å². The Morgan fingerprint density at radius 2 is 1.97 bits per heavy atom. The highest BCUT2D eigenvalue weighted by molar-refractivity contribution is 7.17. The molecule has 0 fully saturated rings. The van der Waals surface area contributed by atoms with Crippen LogP contribution in [0.1, 0.15) is 57.5 Å². The van der Waals surface area contributed by atoms with Gasteiger partial charge in [-0.25, -0.2) is 0 Å². The van der Waals surface area contributed by atoms with Crippen molar-refractivity contribution >= 4 is 50.7 Å². The van der Waals surface area contributed by atoms with E-state index in [1.165, 1.54) is 16.2 Å². The second-order valence-corrected chi connectivity index (χ2v) is 8.96. The summed E-state index contributed by atoms with van der Waals surface area (Å²) in [6.45, 7) is 2.65. The van der Waals surface area contributed by atoms with Crippen LogP contribution in [0.25, 0.3) is 10.9 Å². The molecule has 0 unspecified atom stereocenters. The number of fused-ring (bicyclic) bond motifs is 2. The van der Waals surface area contributed by atoms with Gasteiger partial charge in [0, 0.05) is 34.4 Å². The molecule has 1 aliphatic carbocycles. The molecule has 2 heterocycles. The van der Waals surface area contributed by atoms with Crippen LogP contribution in [-0.4, -0.2) is 22.9 Å². The van der Waals surface area contributed by atoms with Crippen molar-refractivity contribution in [1.82, 2.24) is 9.88 Å². The van der Waals surface area contributed by atoms with Gasteiger partial charge in [-0.1, -0.05) is 24.6 Å². The molecule has 0 radical (unpaired) electrons. The molecule has 4 rings (SSSR count). The van der Waals surface area contributed by atoms with E-state index in [4.69, 9.17) is 11.6 Å². The Labute approximate surface area is 179 Å². The number of rotatable bonds is 5. The summed E-state index contributed by atoms with van der Waals surface area (Å²) in [6, 6.07) is 7.42. The number of amides is 2. The lowest BCUT2D eigenvalue weighted by Crippen LogP contribution is -2.26. The van der Waals surface area contributed by atoms with E-state index in [9.17, 15) is 9.59 Å². The number of nitrogens with one attached hydrogen (secondary N) is 2. The highest BCUT2D eigenvalue weighted by Crippen LogP contribution is 2.38. The molecule has 7 heteroatoms. The minimum atomic E-state index is -0.219. The van der Waals surface area contributed by atoms with Crippen molar-refractivity contribution in [3.8, 4) is 0 Å². The van der Waals surface area contributed by atoms with Crippen molar-refractivity contribution in [1.29, 1.82) is 0 Å². The zero-order valence-corrected chi connectivity index (χ0v) is 18.2. The van der Waals surface area contributed by atoms with Gasteiger partial charge in [0.05, 0.1) is 5.56 Å². The van der Waals surface area contributed by atoms with Crippen LogP contribution < -0.4 is 10.6 Å². The van der Waals surface area contributed by atoms with E-state index in [0.29, 0.717) is 27.8 Å². The van der Waals surface area contributed by atoms with Crippen molar-refractivity contribution in [3.63, 3.8) is 0 Å². The highest BCUT2D eigenvalue weighted by atomic mass is 35.5. The Kier molecular flexibility index (Phi) is 5.65. The second-order valence-electron chi connectivity index (χ2n) is 7.42. The summed E-state index contributed by atoms with van der Waals surface area (Å²) >= 11 is 7.65. The van der Waals surface area contributed by atoms with Gasteiger partial charge in [-0.15, -0.1) is 11.3 Å². The molecule has 0 saturated heterocycles. The smallest absolute Gasteiger partial charge is 0.272 e. The number of halogens is 1. The molecule has 0 spiro atoms. The SMILES string of the molecule is CCCNC(=O)c1c(NC(=O)c2cc3ccc(Cl)cc3n2C)sc2c1CCCC2. The quantitative estimate of drug-likeness (QED) is 0.588. The number of thiophene rings is 1. The third kappa shape index (κ3) is 3.79. The number of hydrogen-bond acceptors (Lipinski definition) is 3. The number of aromatic nitrogens is 1. The lowest BCUT2D eigenvalue weighted by Gasteiger charge is -2.13. The lowest BCUT2D eigenvalue weighted by molar-refractivity contribution is 0.0954. The Hall–Kier alpha value is -2.31. The molecule has 0 atom stereocenters. The Morgan fingerprint density at radius 1 is 1.17 bits per heavy atom. The molecular formula is C22H24ClN3O2S. The van der Waals surface area contributed by atoms with E-state index in [-0.39, 0.29) is 11.8 Å². The van der Waals surface area contributed by atoms with Crippen molar-refractivity contribution in [3.05, 3.63) is 51.0 Å². The maximum atomic E-state index is 13.1. The van der Waals surface area contributed by atoms with Crippen LogP contribution in [-0.2, 0) is 19.9 Å². The number of aryl methyl sites for hydroxylation is 2. The molecule has 0 saturated carbocycles. The number of carbonyl (C=O) groups is 2. The maximum Gasteiger partial charge on any atom is 0.272 e. The van der Waals surface area contributed by atoms with Gasteiger partial charge in [-0.3, -0.25) is 9.59 Å². The minimum absolute atomic E-state index is 0.0922. The largest absolute Gasteiger partial charge is 0.352 e. The van der Waals surface area contributed by atoms with Crippen LogP contribution in [0.3, 0.4) is 0 Å². The van der Waals surface area contributed by atoms with Gasteiger partial charge >= 0.3 is 0 Å². The summed E-state index contributed by atoms with van der Waals surface area (Å²) in [5, 5.41) is 8.23. The average Bonchev–Trinajstić information content (AvgIpc) is 3.23. The molecule has 0 aliphatic heterocycles. The van der Waals surface area contributed by atoms with Gasteiger partial charge in [-0.2, -0.15) is 0 Å². The van der Waals surface area contributed by atoms with Crippen LogP contribution in [0, 0.1) is 0 Å². The molecule has 2 amide bonds. The van der Waals surface area contributed by atoms with E-state index in [1.807, 2.05) is 42.8 Å². The molecule has 29 heavy (non-hydrogen) atoms. The van der Waals surface area contributed by atoms with Crippen molar-refractivity contribution in [2.75, 3.05) is 11.9 Å².